The van der Waals surface area contributed by atoms with E-state index >= 15 is 0 Å². The number of aromatic nitrogens is 2. The summed E-state index contributed by atoms with van der Waals surface area (Å²) in [5.41, 5.74) is -1.45. The number of hydrogen-bond acceptors (Lipinski definition) is 16. The minimum absolute atomic E-state index is 0.0439. The van der Waals surface area contributed by atoms with Gasteiger partial charge in [-0.2, -0.15) is 10.5 Å². The fourth-order valence-electron chi connectivity index (χ4n) is 10.4. The van der Waals surface area contributed by atoms with Gasteiger partial charge in [0.2, 0.25) is 5.88 Å². The number of carbonyl (C=O) groups is 2. The predicted octanol–water partition coefficient (Wildman–Crippen LogP) is 12.7. The van der Waals surface area contributed by atoms with Crippen LogP contribution in [-0.4, -0.2) is 63.3 Å². The Morgan fingerprint density at radius 2 is 1.13 bits per heavy atom. The molecule has 406 valence electrons. The van der Waals surface area contributed by atoms with Crippen molar-refractivity contribution in [1.29, 1.82) is 10.5 Å². The lowest BCUT2D eigenvalue weighted by atomic mass is 9.75. The van der Waals surface area contributed by atoms with E-state index in [4.69, 9.17) is 18.9 Å². The molecule has 2 heterocycles. The van der Waals surface area contributed by atoms with Gasteiger partial charge in [-0.1, -0.05) is 85.6 Å². The van der Waals surface area contributed by atoms with Crippen LogP contribution in [0.2, 0.25) is 0 Å². The zero-order valence-corrected chi connectivity index (χ0v) is 45.5. The number of aromatic hydroxyl groups is 2. The van der Waals surface area contributed by atoms with E-state index in [-0.39, 0.29) is 112 Å². The Kier molecular flexibility index (Phi) is 20.8. The number of hydrogen-bond donors (Lipinski definition) is 2. The molecule has 2 N–H and O–H groups in total. The average molecular weight is 1040 g/mol. The van der Waals surface area contributed by atoms with Gasteiger partial charge in [0.1, 0.15) is 41.9 Å². The van der Waals surface area contributed by atoms with Crippen molar-refractivity contribution in [1.82, 2.24) is 9.13 Å². The van der Waals surface area contributed by atoms with E-state index in [1.807, 2.05) is 12.1 Å². The van der Waals surface area contributed by atoms with Gasteiger partial charge in [0.05, 0.1) is 22.3 Å². The molecule has 7 atom stereocenters. The zero-order valence-electron chi connectivity index (χ0n) is 45.5. The number of azo groups is 2. The van der Waals surface area contributed by atoms with E-state index < -0.39 is 35.2 Å². The number of unbranched alkanes of at least 4 members (excludes halogenated alkanes) is 1. The molecule has 2 aliphatic carbocycles. The number of pyridine rings is 2. The smallest absolute Gasteiger partial charge is 0.340 e. The highest BCUT2D eigenvalue weighted by Gasteiger charge is 2.36. The molecule has 4 aromatic rings. The molecule has 2 fully saturated rings. The van der Waals surface area contributed by atoms with Crippen LogP contribution < -0.4 is 11.1 Å². The summed E-state index contributed by atoms with van der Waals surface area (Å²) in [6.07, 6.45) is 5.91. The van der Waals surface area contributed by atoms with Crippen LogP contribution in [0.1, 0.15) is 162 Å². The molecule has 0 saturated heterocycles. The number of carbonyl (C=O) groups excluding carboxylic acids is 2. The van der Waals surface area contributed by atoms with Crippen molar-refractivity contribution in [3.8, 4) is 23.9 Å². The summed E-state index contributed by atoms with van der Waals surface area (Å²) >= 11 is 0. The van der Waals surface area contributed by atoms with E-state index in [1.54, 1.807) is 55.5 Å². The topological polar surface area (TPSA) is 253 Å². The maximum Gasteiger partial charge on any atom is 0.340 e. The summed E-state index contributed by atoms with van der Waals surface area (Å²) in [6.45, 7) is 18.4. The van der Waals surface area contributed by atoms with E-state index in [2.05, 4.69) is 62.0 Å². The van der Waals surface area contributed by atoms with Crippen molar-refractivity contribution in [2.75, 3.05) is 19.8 Å². The van der Waals surface area contributed by atoms with Gasteiger partial charge in [-0.05, 0) is 125 Å². The molecular weight excluding hydrogens is 969 g/mol. The predicted molar refractivity (Wildman–Crippen MR) is 286 cm³/mol. The third kappa shape index (κ3) is 13.9. The molecule has 2 aromatic carbocycles. The molecule has 76 heavy (non-hydrogen) atoms. The summed E-state index contributed by atoms with van der Waals surface area (Å²) in [6, 6.07) is 17.1. The lowest BCUT2D eigenvalue weighted by Crippen LogP contribution is -2.35. The number of nitriles is 2. The third-order valence-electron chi connectivity index (χ3n) is 15.0. The lowest BCUT2D eigenvalue weighted by molar-refractivity contribution is -0.0181. The second kappa shape index (κ2) is 27.2. The SMILES string of the molecule is CCC(OCCCCOCCCn1c(O)c(C)c(C#N)c(N=Nc2ccccc2C(=O)OC2CC(C)CCC2C(C)C)c1=O)n1c(O)c(C)c(C#N)c(N=Nc2ccccc2C(=O)OC2CC(C)CCC2C(C)C)c1=O. The highest BCUT2D eigenvalue weighted by atomic mass is 16.5. The van der Waals surface area contributed by atoms with Crippen LogP contribution in [0.5, 0.6) is 11.8 Å². The molecule has 0 aliphatic heterocycles. The Labute approximate surface area is 445 Å². The summed E-state index contributed by atoms with van der Waals surface area (Å²) < 4.78 is 26.3. The molecule has 6 rings (SSSR count). The van der Waals surface area contributed by atoms with Crippen molar-refractivity contribution >= 4 is 34.7 Å². The Bertz CT molecular complexity index is 2970. The van der Waals surface area contributed by atoms with Gasteiger partial charge in [0.15, 0.2) is 17.3 Å². The summed E-state index contributed by atoms with van der Waals surface area (Å²) in [5, 5.41) is 59.3. The van der Waals surface area contributed by atoms with Gasteiger partial charge in [0.25, 0.3) is 11.1 Å². The summed E-state index contributed by atoms with van der Waals surface area (Å²) in [5.74, 6) is 0.101. The van der Waals surface area contributed by atoms with Gasteiger partial charge in [-0.3, -0.25) is 18.7 Å². The molecule has 18 heteroatoms. The quantitative estimate of drug-likeness (QED) is 0.0423. The van der Waals surface area contributed by atoms with Crippen LogP contribution in [0.3, 0.4) is 0 Å². The van der Waals surface area contributed by atoms with Gasteiger partial charge >= 0.3 is 11.9 Å². The fraction of sp³-hybridized carbons (Fsp3) is 0.552. The molecule has 2 aliphatic rings. The van der Waals surface area contributed by atoms with Gasteiger partial charge in [-0.25, -0.2) is 9.59 Å². The number of nitrogens with zero attached hydrogens (tertiary/aromatic N) is 8. The first-order valence-electron chi connectivity index (χ1n) is 26.8. The van der Waals surface area contributed by atoms with E-state index in [1.165, 1.54) is 13.8 Å². The Hall–Kier alpha value is -7.02. The van der Waals surface area contributed by atoms with Crippen LogP contribution in [-0.2, 0) is 25.5 Å². The second-order valence-electron chi connectivity index (χ2n) is 21.1. The van der Waals surface area contributed by atoms with Crippen molar-refractivity contribution < 1.29 is 38.7 Å². The highest BCUT2D eigenvalue weighted by molar-refractivity contribution is 5.95. The number of rotatable bonds is 22. The fourth-order valence-corrected chi connectivity index (χ4v) is 10.4. The van der Waals surface area contributed by atoms with Crippen molar-refractivity contribution in [2.24, 2.45) is 56.0 Å². The van der Waals surface area contributed by atoms with E-state index in [9.17, 15) is 39.9 Å². The number of benzene rings is 2. The zero-order chi connectivity index (χ0) is 55.2. The molecule has 0 amide bonds. The molecule has 0 radical (unpaired) electrons. The minimum Gasteiger partial charge on any atom is -0.494 e. The first-order chi connectivity index (χ1) is 36.4. The number of ether oxygens (including phenoxy) is 4. The molecule has 0 bridgehead atoms. The molecule has 2 aromatic heterocycles. The largest absolute Gasteiger partial charge is 0.494 e. The van der Waals surface area contributed by atoms with Crippen LogP contribution in [0.25, 0.3) is 0 Å². The van der Waals surface area contributed by atoms with Crippen molar-refractivity contribution in [2.45, 2.75) is 152 Å². The van der Waals surface area contributed by atoms with E-state index in [0.717, 1.165) is 47.7 Å². The van der Waals surface area contributed by atoms with Crippen LogP contribution in [0.4, 0.5) is 22.7 Å². The highest BCUT2D eigenvalue weighted by Crippen LogP contribution is 2.39. The van der Waals surface area contributed by atoms with Crippen molar-refractivity contribution in [3.05, 3.63) is 103 Å². The summed E-state index contributed by atoms with van der Waals surface area (Å²) in [7, 11) is 0. The van der Waals surface area contributed by atoms with Crippen LogP contribution >= 0.6 is 0 Å². The molecule has 2 saturated carbocycles. The average Bonchev–Trinajstić information content (AvgIpc) is 3.40. The maximum absolute atomic E-state index is 14.0. The molecule has 0 spiro atoms. The molecule has 7 unspecified atom stereocenters. The lowest BCUT2D eigenvalue weighted by Gasteiger charge is -2.36. The molecular formula is C58H74N8O10. The van der Waals surface area contributed by atoms with Gasteiger partial charge in [0, 0.05) is 37.5 Å². The molecule has 18 nitrogen and oxygen atoms in total. The Morgan fingerprint density at radius 3 is 1.62 bits per heavy atom. The van der Waals surface area contributed by atoms with Crippen LogP contribution in [0.15, 0.2) is 78.6 Å². The second-order valence-corrected chi connectivity index (χ2v) is 21.1. The Morgan fingerprint density at radius 1 is 0.671 bits per heavy atom. The monoisotopic (exact) mass is 1040 g/mol. The first kappa shape index (κ1) is 58.2. The van der Waals surface area contributed by atoms with E-state index in [0.29, 0.717) is 49.5 Å². The Balaban J connectivity index is 1.04. The number of esters is 2. The normalized spacial score (nSPS) is 20.2. The third-order valence-corrected chi connectivity index (χ3v) is 15.0. The first-order valence-corrected chi connectivity index (χ1v) is 26.8. The van der Waals surface area contributed by atoms with Gasteiger partial charge in [-0.15, -0.1) is 20.5 Å². The summed E-state index contributed by atoms with van der Waals surface area (Å²) in [4.78, 5) is 55.0. The standard InChI is InChI=1S/C58H74N8O10/c1-10-50(66-54(68)39(9)45(33-60)52(56(66)70)64-62-47-21-14-12-19-43(47)58(72)76-49-31-37(7)23-25-41(49)35(4)5)74-29-16-15-27-73-28-17-26-65-53(67)38(8)44(32-59)51(55(65)69)63-61-46-20-13-11-18-42(46)57(71)75-48-30-36(6)22-24-40(48)34(2)3/h11-14,18-21,34-37,40-41,48-50,67-68H,10,15-17,22-31H2,1-9H3. The minimum atomic E-state index is -0.923. The van der Waals surface area contributed by atoms with Crippen LogP contribution in [0, 0.1) is 72.0 Å². The van der Waals surface area contributed by atoms with Crippen molar-refractivity contribution in [3.63, 3.8) is 0 Å². The maximum atomic E-state index is 14.0. The van der Waals surface area contributed by atoms with Gasteiger partial charge < -0.3 is 29.2 Å².